The fourth-order valence-electron chi connectivity index (χ4n) is 2.50. The third-order valence-electron chi connectivity index (χ3n) is 3.84. The van der Waals surface area contributed by atoms with Gasteiger partial charge in [-0.3, -0.25) is 9.69 Å². The average molecular weight is 332 g/mol. The van der Waals surface area contributed by atoms with Crippen LogP contribution in [-0.4, -0.2) is 43.5 Å². The van der Waals surface area contributed by atoms with Gasteiger partial charge in [-0.1, -0.05) is 17.7 Å². The van der Waals surface area contributed by atoms with Gasteiger partial charge in [-0.05, 0) is 44.5 Å². The van der Waals surface area contributed by atoms with Gasteiger partial charge in [0, 0.05) is 29.8 Å². The number of rotatable bonds is 4. The summed E-state index contributed by atoms with van der Waals surface area (Å²) in [4.78, 5) is 14.3. The lowest BCUT2D eigenvalue weighted by Gasteiger charge is -2.31. The lowest BCUT2D eigenvalue weighted by Crippen LogP contribution is -2.44. The van der Waals surface area contributed by atoms with E-state index in [0.717, 1.165) is 37.2 Å². The molecule has 1 saturated heterocycles. The van der Waals surface area contributed by atoms with Crippen molar-refractivity contribution < 1.29 is 4.79 Å². The normalized spacial score (nSPS) is 16.3. The second-order valence-corrected chi connectivity index (χ2v) is 5.78. The highest BCUT2D eigenvalue weighted by Gasteiger charge is 2.19. The van der Waals surface area contributed by atoms with Crippen molar-refractivity contribution in [2.75, 3.05) is 32.0 Å². The first-order valence-electron chi connectivity index (χ1n) is 7.04. The molecular weight excluding hydrogens is 309 g/mol. The zero-order chi connectivity index (χ0) is 14.5. The van der Waals surface area contributed by atoms with Crippen molar-refractivity contribution in [1.82, 2.24) is 10.2 Å². The molecule has 1 aliphatic rings. The van der Waals surface area contributed by atoms with Crippen LogP contribution in [0.5, 0.6) is 0 Å². The molecule has 4 nitrogen and oxygen atoms in total. The molecule has 118 valence electrons. The first-order chi connectivity index (χ1) is 9.58. The Bertz CT molecular complexity index is 474. The van der Waals surface area contributed by atoms with Crippen LogP contribution in [0.4, 0.5) is 5.69 Å². The zero-order valence-corrected chi connectivity index (χ0v) is 14.1. The third kappa shape index (κ3) is 5.47. The maximum Gasteiger partial charge on any atom is 0.238 e. The van der Waals surface area contributed by atoms with Gasteiger partial charge in [0.15, 0.2) is 0 Å². The minimum atomic E-state index is 0. The SMILES string of the molecule is CNC1CCN(CC(=O)Nc2cc(Cl)ccc2C)CC1.Cl. The molecule has 21 heavy (non-hydrogen) atoms. The number of hydrogen-bond donors (Lipinski definition) is 2. The molecule has 1 aromatic carbocycles. The molecule has 0 spiro atoms. The largest absolute Gasteiger partial charge is 0.325 e. The second-order valence-electron chi connectivity index (χ2n) is 5.35. The number of piperidine rings is 1. The quantitative estimate of drug-likeness (QED) is 0.891. The van der Waals surface area contributed by atoms with Gasteiger partial charge in [-0.25, -0.2) is 0 Å². The summed E-state index contributed by atoms with van der Waals surface area (Å²) in [5.74, 6) is 0.0262. The van der Waals surface area contributed by atoms with Crippen LogP contribution in [0.15, 0.2) is 18.2 Å². The predicted octanol–water partition coefficient (Wildman–Crippen LogP) is 2.69. The zero-order valence-electron chi connectivity index (χ0n) is 12.5. The monoisotopic (exact) mass is 331 g/mol. The molecular formula is C15H23Cl2N3O. The van der Waals surface area contributed by atoms with Gasteiger partial charge in [0.1, 0.15) is 0 Å². The maximum absolute atomic E-state index is 12.1. The molecule has 2 rings (SSSR count). The Morgan fingerprint density at radius 3 is 2.67 bits per heavy atom. The lowest BCUT2D eigenvalue weighted by atomic mass is 10.1. The number of amides is 1. The Hall–Kier alpha value is -0.810. The average Bonchev–Trinajstić information content (AvgIpc) is 2.43. The molecule has 1 fully saturated rings. The Morgan fingerprint density at radius 1 is 1.38 bits per heavy atom. The van der Waals surface area contributed by atoms with E-state index in [-0.39, 0.29) is 18.3 Å². The summed E-state index contributed by atoms with van der Waals surface area (Å²) in [6.45, 7) is 4.34. The van der Waals surface area contributed by atoms with E-state index in [1.54, 1.807) is 6.07 Å². The fourth-order valence-corrected chi connectivity index (χ4v) is 2.67. The Kier molecular flexibility index (Phi) is 7.46. The van der Waals surface area contributed by atoms with Crippen LogP contribution in [-0.2, 0) is 4.79 Å². The van der Waals surface area contributed by atoms with Gasteiger partial charge in [0.2, 0.25) is 5.91 Å². The predicted molar refractivity (Wildman–Crippen MR) is 90.6 cm³/mol. The molecule has 0 bridgehead atoms. The minimum Gasteiger partial charge on any atom is -0.325 e. The molecule has 1 heterocycles. The number of carbonyl (C=O) groups is 1. The van der Waals surface area contributed by atoms with E-state index in [0.29, 0.717) is 17.6 Å². The van der Waals surface area contributed by atoms with Crippen LogP contribution < -0.4 is 10.6 Å². The first-order valence-corrected chi connectivity index (χ1v) is 7.42. The van der Waals surface area contributed by atoms with Crippen molar-refractivity contribution in [3.8, 4) is 0 Å². The number of anilines is 1. The Labute approximate surface area is 137 Å². The van der Waals surface area contributed by atoms with Crippen LogP contribution in [0.2, 0.25) is 5.02 Å². The van der Waals surface area contributed by atoms with Crippen molar-refractivity contribution in [3.63, 3.8) is 0 Å². The van der Waals surface area contributed by atoms with Crippen molar-refractivity contribution in [2.45, 2.75) is 25.8 Å². The fraction of sp³-hybridized carbons (Fsp3) is 0.533. The number of benzene rings is 1. The van der Waals surface area contributed by atoms with Crippen molar-refractivity contribution in [2.24, 2.45) is 0 Å². The number of halogens is 2. The van der Waals surface area contributed by atoms with E-state index >= 15 is 0 Å². The standard InChI is InChI=1S/C15H22ClN3O.ClH/c1-11-3-4-12(16)9-14(11)18-15(20)10-19-7-5-13(17-2)6-8-19;/h3-4,9,13,17H,5-8,10H2,1-2H3,(H,18,20);1H. The highest BCUT2D eigenvalue weighted by molar-refractivity contribution is 6.31. The van der Waals surface area contributed by atoms with E-state index in [1.165, 1.54) is 0 Å². The molecule has 6 heteroatoms. The van der Waals surface area contributed by atoms with Gasteiger partial charge in [0.05, 0.1) is 6.54 Å². The van der Waals surface area contributed by atoms with E-state index < -0.39 is 0 Å². The summed E-state index contributed by atoms with van der Waals surface area (Å²) in [6, 6.07) is 6.12. The maximum atomic E-state index is 12.1. The summed E-state index contributed by atoms with van der Waals surface area (Å²) in [7, 11) is 1.99. The number of aryl methyl sites for hydroxylation is 1. The van der Waals surface area contributed by atoms with Gasteiger partial charge in [0.25, 0.3) is 0 Å². The van der Waals surface area contributed by atoms with Crippen LogP contribution in [0, 0.1) is 6.92 Å². The van der Waals surface area contributed by atoms with Crippen LogP contribution >= 0.6 is 24.0 Å². The van der Waals surface area contributed by atoms with Crippen LogP contribution in [0.1, 0.15) is 18.4 Å². The Morgan fingerprint density at radius 2 is 2.05 bits per heavy atom. The summed E-state index contributed by atoms with van der Waals surface area (Å²) in [5, 5.41) is 6.87. The van der Waals surface area contributed by atoms with Gasteiger partial charge < -0.3 is 10.6 Å². The van der Waals surface area contributed by atoms with E-state index in [1.807, 2.05) is 26.1 Å². The minimum absolute atomic E-state index is 0. The lowest BCUT2D eigenvalue weighted by molar-refractivity contribution is -0.117. The van der Waals surface area contributed by atoms with E-state index in [2.05, 4.69) is 15.5 Å². The number of carbonyl (C=O) groups excluding carboxylic acids is 1. The first kappa shape index (κ1) is 18.2. The summed E-state index contributed by atoms with van der Waals surface area (Å²) in [5.41, 5.74) is 1.82. The Balaban J connectivity index is 0.00000220. The van der Waals surface area contributed by atoms with E-state index in [4.69, 9.17) is 11.6 Å². The summed E-state index contributed by atoms with van der Waals surface area (Å²) in [6.07, 6.45) is 2.19. The topological polar surface area (TPSA) is 44.4 Å². The molecule has 0 aliphatic carbocycles. The molecule has 1 aliphatic heterocycles. The van der Waals surface area contributed by atoms with Crippen molar-refractivity contribution >= 4 is 35.6 Å². The number of nitrogens with zero attached hydrogens (tertiary/aromatic N) is 1. The molecule has 0 saturated carbocycles. The van der Waals surface area contributed by atoms with Gasteiger partial charge >= 0.3 is 0 Å². The van der Waals surface area contributed by atoms with Crippen LogP contribution in [0.3, 0.4) is 0 Å². The van der Waals surface area contributed by atoms with Crippen molar-refractivity contribution in [3.05, 3.63) is 28.8 Å². The highest BCUT2D eigenvalue weighted by Crippen LogP contribution is 2.20. The number of nitrogens with one attached hydrogen (secondary N) is 2. The molecule has 2 N–H and O–H groups in total. The smallest absolute Gasteiger partial charge is 0.238 e. The van der Waals surface area contributed by atoms with Crippen LogP contribution in [0.25, 0.3) is 0 Å². The third-order valence-corrected chi connectivity index (χ3v) is 4.07. The number of hydrogen-bond acceptors (Lipinski definition) is 3. The molecule has 0 radical (unpaired) electrons. The van der Waals surface area contributed by atoms with Crippen molar-refractivity contribution in [1.29, 1.82) is 0 Å². The molecule has 1 aromatic rings. The summed E-state index contributed by atoms with van der Waals surface area (Å²) < 4.78 is 0. The van der Waals surface area contributed by atoms with Gasteiger partial charge in [-0.2, -0.15) is 0 Å². The second kappa shape index (κ2) is 8.59. The highest BCUT2D eigenvalue weighted by atomic mass is 35.5. The molecule has 0 atom stereocenters. The number of likely N-dealkylation sites (tertiary alicyclic amines) is 1. The van der Waals surface area contributed by atoms with E-state index in [9.17, 15) is 4.79 Å². The molecule has 1 amide bonds. The molecule has 0 aromatic heterocycles. The van der Waals surface area contributed by atoms with Gasteiger partial charge in [-0.15, -0.1) is 12.4 Å². The summed E-state index contributed by atoms with van der Waals surface area (Å²) >= 11 is 5.96. The molecule has 0 unspecified atom stereocenters.